The lowest BCUT2D eigenvalue weighted by Crippen LogP contribution is -2.56. The minimum Gasteiger partial charge on any atom is -0.480 e. The molecule has 0 saturated carbocycles. The van der Waals surface area contributed by atoms with Gasteiger partial charge in [0, 0.05) is 13.2 Å². The smallest absolute Gasteiger partial charge is 0.329 e. The van der Waals surface area contributed by atoms with Crippen molar-refractivity contribution in [1.29, 1.82) is 0 Å². The van der Waals surface area contributed by atoms with Crippen molar-refractivity contribution in [3.05, 3.63) is 18.0 Å². The molecule has 0 atom stereocenters. The highest BCUT2D eigenvalue weighted by atomic mass is 32.2. The van der Waals surface area contributed by atoms with Crippen LogP contribution in [-0.2, 0) is 11.8 Å². The number of hydrogen-bond donors (Lipinski definition) is 2. The largest absolute Gasteiger partial charge is 0.480 e. The number of carbonyl (C=O) groups excluding carboxylic acids is 1. The van der Waals surface area contributed by atoms with Crippen molar-refractivity contribution in [3.63, 3.8) is 0 Å². The third kappa shape index (κ3) is 2.35. The summed E-state index contributed by atoms with van der Waals surface area (Å²) < 4.78 is 1.43. The average molecular weight is 269 g/mol. The molecule has 7 heteroatoms. The van der Waals surface area contributed by atoms with Crippen molar-refractivity contribution in [2.45, 2.75) is 18.4 Å². The Balaban J connectivity index is 2.17. The van der Waals surface area contributed by atoms with E-state index in [2.05, 4.69) is 10.4 Å². The molecule has 1 fully saturated rings. The van der Waals surface area contributed by atoms with Gasteiger partial charge < -0.3 is 10.4 Å². The Morgan fingerprint density at radius 1 is 1.50 bits per heavy atom. The molecule has 0 unspecified atom stereocenters. The van der Waals surface area contributed by atoms with Crippen LogP contribution in [0.1, 0.15) is 23.3 Å². The van der Waals surface area contributed by atoms with E-state index >= 15 is 0 Å². The summed E-state index contributed by atoms with van der Waals surface area (Å²) >= 11 is 1.71. The van der Waals surface area contributed by atoms with Gasteiger partial charge in [0.05, 0.1) is 0 Å². The van der Waals surface area contributed by atoms with E-state index < -0.39 is 11.5 Å². The van der Waals surface area contributed by atoms with Crippen LogP contribution in [0.3, 0.4) is 0 Å². The van der Waals surface area contributed by atoms with Gasteiger partial charge in [-0.2, -0.15) is 16.9 Å². The third-order valence-electron chi connectivity index (χ3n) is 3.16. The van der Waals surface area contributed by atoms with Crippen LogP contribution in [0, 0.1) is 0 Å². The van der Waals surface area contributed by atoms with Crippen molar-refractivity contribution in [2.24, 2.45) is 7.05 Å². The first kappa shape index (κ1) is 12.9. The number of carbonyl (C=O) groups is 2. The van der Waals surface area contributed by atoms with Crippen molar-refractivity contribution in [1.82, 2.24) is 15.1 Å². The van der Waals surface area contributed by atoms with Crippen molar-refractivity contribution in [3.8, 4) is 0 Å². The summed E-state index contributed by atoms with van der Waals surface area (Å²) in [6.07, 6.45) is 2.42. The van der Waals surface area contributed by atoms with Crippen LogP contribution in [0.2, 0.25) is 0 Å². The van der Waals surface area contributed by atoms with Gasteiger partial charge >= 0.3 is 5.97 Å². The number of aromatic nitrogens is 2. The van der Waals surface area contributed by atoms with Gasteiger partial charge in [0.1, 0.15) is 11.2 Å². The summed E-state index contributed by atoms with van der Waals surface area (Å²) in [6.45, 7) is 0. The molecule has 1 amide bonds. The molecule has 1 aromatic rings. The molecule has 6 nitrogen and oxygen atoms in total. The van der Waals surface area contributed by atoms with Gasteiger partial charge in [0.25, 0.3) is 5.91 Å². The van der Waals surface area contributed by atoms with Gasteiger partial charge in [0.2, 0.25) is 0 Å². The van der Waals surface area contributed by atoms with E-state index in [0.29, 0.717) is 18.5 Å². The second-order valence-electron chi connectivity index (χ2n) is 4.29. The highest BCUT2D eigenvalue weighted by Crippen LogP contribution is 2.27. The van der Waals surface area contributed by atoms with E-state index in [1.807, 2.05) is 0 Å². The normalized spacial score (nSPS) is 18.3. The maximum atomic E-state index is 12.1. The van der Waals surface area contributed by atoms with Crippen molar-refractivity contribution in [2.75, 3.05) is 11.5 Å². The highest BCUT2D eigenvalue weighted by molar-refractivity contribution is 7.99. The van der Waals surface area contributed by atoms with E-state index in [1.165, 1.54) is 10.9 Å². The van der Waals surface area contributed by atoms with Crippen LogP contribution in [0.4, 0.5) is 0 Å². The molecule has 0 aliphatic carbocycles. The number of carboxylic acid groups (broad SMARTS) is 1. The molecule has 98 valence electrons. The van der Waals surface area contributed by atoms with Crippen LogP contribution in [0.25, 0.3) is 0 Å². The molecule has 1 aliphatic heterocycles. The second-order valence-corrected chi connectivity index (χ2v) is 5.52. The van der Waals surface area contributed by atoms with E-state index in [9.17, 15) is 14.7 Å². The quantitative estimate of drug-likeness (QED) is 0.834. The number of nitrogens with one attached hydrogen (secondary N) is 1. The minimum absolute atomic E-state index is 0.369. The van der Waals surface area contributed by atoms with Crippen LogP contribution in [0.15, 0.2) is 12.3 Å². The standard InChI is InChI=1S/C11H15N3O3S/c1-14-8(2-5-12-14)9(15)13-11(10(16)17)3-6-18-7-4-11/h2,5H,3-4,6-7H2,1H3,(H,13,15)(H,16,17). The number of hydrogen-bond acceptors (Lipinski definition) is 4. The second kappa shape index (κ2) is 5.01. The fourth-order valence-electron chi connectivity index (χ4n) is 1.99. The lowest BCUT2D eigenvalue weighted by atomic mass is 9.92. The zero-order valence-corrected chi connectivity index (χ0v) is 10.9. The molecule has 1 aromatic heterocycles. The zero-order valence-electron chi connectivity index (χ0n) is 10.0. The maximum absolute atomic E-state index is 12.1. The number of aryl methyl sites for hydroxylation is 1. The summed E-state index contributed by atoms with van der Waals surface area (Å²) in [7, 11) is 1.65. The number of aliphatic carboxylic acids is 1. The van der Waals surface area contributed by atoms with Crippen LogP contribution in [0.5, 0.6) is 0 Å². The SMILES string of the molecule is Cn1nccc1C(=O)NC1(C(=O)O)CCSCC1. The van der Waals surface area contributed by atoms with E-state index in [4.69, 9.17) is 0 Å². The maximum Gasteiger partial charge on any atom is 0.329 e. The Morgan fingerprint density at radius 2 is 2.17 bits per heavy atom. The molecule has 18 heavy (non-hydrogen) atoms. The predicted molar refractivity (Wildman–Crippen MR) is 67.6 cm³/mol. The molecule has 0 bridgehead atoms. The number of rotatable bonds is 3. The number of amides is 1. The van der Waals surface area contributed by atoms with Gasteiger partial charge in [-0.1, -0.05) is 0 Å². The Bertz CT molecular complexity index is 466. The lowest BCUT2D eigenvalue weighted by molar-refractivity contribution is -0.144. The molecule has 1 aliphatic rings. The molecule has 0 radical (unpaired) electrons. The fraction of sp³-hybridized carbons (Fsp3) is 0.545. The van der Waals surface area contributed by atoms with E-state index in [1.54, 1.807) is 24.9 Å². The molecule has 2 rings (SSSR count). The van der Waals surface area contributed by atoms with Crippen LogP contribution < -0.4 is 5.32 Å². The Hall–Kier alpha value is -1.50. The van der Waals surface area contributed by atoms with E-state index in [-0.39, 0.29) is 5.91 Å². The lowest BCUT2D eigenvalue weighted by Gasteiger charge is -2.33. The summed E-state index contributed by atoms with van der Waals surface area (Å²) in [5.74, 6) is 0.151. The number of nitrogens with zero attached hydrogens (tertiary/aromatic N) is 2. The average Bonchev–Trinajstić information content (AvgIpc) is 2.76. The predicted octanol–water partition coefficient (Wildman–Crippen LogP) is 0.500. The van der Waals surface area contributed by atoms with Gasteiger partial charge in [0.15, 0.2) is 0 Å². The summed E-state index contributed by atoms with van der Waals surface area (Å²) in [5, 5.41) is 15.9. The third-order valence-corrected chi connectivity index (χ3v) is 4.15. The molecule has 2 N–H and O–H groups in total. The van der Waals surface area contributed by atoms with Gasteiger partial charge in [-0.15, -0.1) is 0 Å². The first-order valence-corrected chi connectivity index (χ1v) is 6.82. The van der Waals surface area contributed by atoms with Gasteiger partial charge in [-0.3, -0.25) is 9.48 Å². The number of thioether (sulfide) groups is 1. The topological polar surface area (TPSA) is 84.2 Å². The first-order chi connectivity index (χ1) is 8.55. The van der Waals surface area contributed by atoms with Gasteiger partial charge in [-0.05, 0) is 30.4 Å². The molecule has 2 heterocycles. The fourth-order valence-corrected chi connectivity index (χ4v) is 3.18. The first-order valence-electron chi connectivity index (χ1n) is 5.67. The van der Waals surface area contributed by atoms with Crippen molar-refractivity contribution < 1.29 is 14.7 Å². The number of carboxylic acids is 1. The van der Waals surface area contributed by atoms with Crippen LogP contribution in [-0.4, -0.2) is 43.8 Å². The Morgan fingerprint density at radius 3 is 2.67 bits per heavy atom. The van der Waals surface area contributed by atoms with Crippen molar-refractivity contribution >= 4 is 23.6 Å². The zero-order chi connectivity index (χ0) is 13.2. The Kier molecular flexibility index (Phi) is 3.60. The minimum atomic E-state index is -1.13. The summed E-state index contributed by atoms with van der Waals surface area (Å²) in [5.41, 5.74) is -0.763. The summed E-state index contributed by atoms with van der Waals surface area (Å²) in [4.78, 5) is 23.5. The van der Waals surface area contributed by atoms with Crippen LogP contribution >= 0.6 is 11.8 Å². The molecule has 0 spiro atoms. The molecular weight excluding hydrogens is 254 g/mol. The molecule has 1 saturated heterocycles. The monoisotopic (exact) mass is 269 g/mol. The summed E-state index contributed by atoms with van der Waals surface area (Å²) in [6, 6.07) is 1.57. The molecular formula is C11H15N3O3S. The Labute approximate surface area is 109 Å². The van der Waals surface area contributed by atoms with E-state index in [0.717, 1.165) is 11.5 Å². The van der Waals surface area contributed by atoms with Gasteiger partial charge in [-0.25, -0.2) is 4.79 Å². The molecule has 0 aromatic carbocycles. The highest BCUT2D eigenvalue weighted by Gasteiger charge is 2.41.